The zero-order chi connectivity index (χ0) is 15.0. The Kier molecular flexibility index (Phi) is 6.48. The molecule has 112 valence electrons. The van der Waals surface area contributed by atoms with Gasteiger partial charge in [0.2, 0.25) is 11.8 Å². The number of carboxylic acids is 1. The fourth-order valence-corrected chi connectivity index (χ4v) is 1.83. The number of carbonyl (C=O) groups excluding carboxylic acids is 3. The van der Waals surface area contributed by atoms with Crippen LogP contribution in [-0.4, -0.2) is 41.5 Å². The number of amides is 4. The van der Waals surface area contributed by atoms with Gasteiger partial charge in [0.05, 0.1) is 0 Å². The Morgan fingerprint density at radius 2 is 1.95 bits per heavy atom. The van der Waals surface area contributed by atoms with Gasteiger partial charge >= 0.3 is 12.0 Å². The summed E-state index contributed by atoms with van der Waals surface area (Å²) in [4.78, 5) is 44.1. The predicted octanol–water partition coefficient (Wildman–Crippen LogP) is -0.264. The van der Waals surface area contributed by atoms with Gasteiger partial charge in [-0.2, -0.15) is 0 Å². The maximum Gasteiger partial charge on any atom is 0.321 e. The molecule has 1 aliphatic rings. The topological polar surface area (TPSA) is 125 Å². The van der Waals surface area contributed by atoms with Gasteiger partial charge in [-0.3, -0.25) is 19.7 Å². The fourth-order valence-electron chi connectivity index (χ4n) is 1.83. The van der Waals surface area contributed by atoms with Crippen LogP contribution in [0.5, 0.6) is 0 Å². The van der Waals surface area contributed by atoms with Gasteiger partial charge in [0.25, 0.3) is 0 Å². The first-order valence-electron chi connectivity index (χ1n) is 6.56. The number of piperidine rings is 1. The van der Waals surface area contributed by atoms with Crippen LogP contribution >= 0.6 is 0 Å². The smallest absolute Gasteiger partial charge is 0.321 e. The van der Waals surface area contributed by atoms with E-state index in [-0.39, 0.29) is 24.8 Å². The molecule has 0 aromatic carbocycles. The molecule has 1 rings (SSSR count). The summed E-state index contributed by atoms with van der Waals surface area (Å²) >= 11 is 0. The average molecular weight is 285 g/mol. The molecule has 1 aliphatic heterocycles. The highest BCUT2D eigenvalue weighted by molar-refractivity contribution is 5.94. The van der Waals surface area contributed by atoms with Crippen LogP contribution in [0.2, 0.25) is 0 Å². The molecule has 4 amide bonds. The molecule has 0 aromatic heterocycles. The fraction of sp³-hybridized carbons (Fsp3) is 0.667. The Hall–Kier alpha value is -2.12. The molecule has 0 radical (unpaired) electrons. The minimum atomic E-state index is -0.900. The lowest BCUT2D eigenvalue weighted by molar-refractivity contribution is -0.137. The van der Waals surface area contributed by atoms with Crippen molar-refractivity contribution in [1.29, 1.82) is 0 Å². The third-order valence-corrected chi connectivity index (χ3v) is 2.90. The first kappa shape index (κ1) is 15.9. The molecule has 20 heavy (non-hydrogen) atoms. The van der Waals surface area contributed by atoms with Crippen LogP contribution in [0.15, 0.2) is 0 Å². The summed E-state index contributed by atoms with van der Waals surface area (Å²) in [6.07, 6.45) is 1.85. The predicted molar refractivity (Wildman–Crippen MR) is 68.8 cm³/mol. The van der Waals surface area contributed by atoms with Crippen LogP contribution in [0.25, 0.3) is 0 Å². The Bertz CT molecular complexity index is 387. The molecule has 8 nitrogen and oxygen atoms in total. The van der Waals surface area contributed by atoms with Crippen molar-refractivity contribution < 1.29 is 24.3 Å². The number of rotatable bonds is 6. The van der Waals surface area contributed by atoms with Crippen molar-refractivity contribution in [3.8, 4) is 0 Å². The maximum atomic E-state index is 11.5. The Morgan fingerprint density at radius 3 is 2.55 bits per heavy atom. The average Bonchev–Trinajstić information content (AvgIpc) is 2.37. The first-order chi connectivity index (χ1) is 9.47. The van der Waals surface area contributed by atoms with Crippen molar-refractivity contribution in [2.75, 3.05) is 6.54 Å². The number of urea groups is 1. The zero-order valence-corrected chi connectivity index (χ0v) is 11.1. The van der Waals surface area contributed by atoms with E-state index in [0.717, 1.165) is 0 Å². The third-order valence-electron chi connectivity index (χ3n) is 2.90. The van der Waals surface area contributed by atoms with Gasteiger partial charge in [0.1, 0.15) is 0 Å². The van der Waals surface area contributed by atoms with Crippen LogP contribution in [0, 0.1) is 0 Å². The molecule has 1 atom stereocenters. The molecule has 0 spiro atoms. The van der Waals surface area contributed by atoms with Gasteiger partial charge in [-0.05, 0) is 19.3 Å². The summed E-state index contributed by atoms with van der Waals surface area (Å²) in [6, 6.07) is -0.762. The summed E-state index contributed by atoms with van der Waals surface area (Å²) in [5, 5.41) is 15.8. The Labute approximate surface area is 116 Å². The number of imide groups is 1. The SMILES string of the molecule is O=C(O)CCCCC(=O)NC(=O)NC1CCC(=O)NC1. The molecule has 0 aliphatic carbocycles. The van der Waals surface area contributed by atoms with Crippen LogP contribution in [-0.2, 0) is 14.4 Å². The van der Waals surface area contributed by atoms with E-state index in [1.807, 2.05) is 0 Å². The van der Waals surface area contributed by atoms with Gasteiger partial charge in [0, 0.05) is 31.8 Å². The second-order valence-electron chi connectivity index (χ2n) is 4.66. The van der Waals surface area contributed by atoms with Gasteiger partial charge in [-0.15, -0.1) is 0 Å². The number of aliphatic carboxylic acids is 1. The molecule has 0 aromatic rings. The first-order valence-corrected chi connectivity index (χ1v) is 6.56. The molecule has 1 heterocycles. The zero-order valence-electron chi connectivity index (χ0n) is 11.1. The van der Waals surface area contributed by atoms with E-state index in [0.29, 0.717) is 32.2 Å². The number of hydrogen-bond acceptors (Lipinski definition) is 4. The van der Waals surface area contributed by atoms with Gasteiger partial charge < -0.3 is 15.7 Å². The van der Waals surface area contributed by atoms with Crippen molar-refractivity contribution in [1.82, 2.24) is 16.0 Å². The van der Waals surface area contributed by atoms with Crippen LogP contribution in [0.1, 0.15) is 38.5 Å². The van der Waals surface area contributed by atoms with Crippen molar-refractivity contribution in [2.45, 2.75) is 44.6 Å². The number of nitrogens with one attached hydrogen (secondary N) is 3. The van der Waals surface area contributed by atoms with E-state index in [9.17, 15) is 19.2 Å². The Balaban J connectivity index is 2.13. The molecule has 8 heteroatoms. The van der Waals surface area contributed by atoms with Crippen LogP contribution < -0.4 is 16.0 Å². The van der Waals surface area contributed by atoms with Gasteiger partial charge in [-0.25, -0.2) is 4.79 Å². The lowest BCUT2D eigenvalue weighted by Gasteiger charge is -2.23. The second-order valence-corrected chi connectivity index (χ2v) is 4.66. The molecular formula is C12H19N3O5. The highest BCUT2D eigenvalue weighted by Gasteiger charge is 2.20. The normalized spacial score (nSPS) is 18.0. The molecule has 4 N–H and O–H groups in total. The van der Waals surface area contributed by atoms with E-state index in [4.69, 9.17) is 5.11 Å². The summed E-state index contributed by atoms with van der Waals surface area (Å²) in [5.41, 5.74) is 0. The Morgan fingerprint density at radius 1 is 1.25 bits per heavy atom. The molecule has 0 bridgehead atoms. The minimum absolute atomic E-state index is 0.0151. The molecule has 1 saturated heterocycles. The number of carbonyl (C=O) groups is 4. The highest BCUT2D eigenvalue weighted by Crippen LogP contribution is 2.02. The van der Waals surface area contributed by atoms with Crippen LogP contribution in [0.4, 0.5) is 4.79 Å². The quantitative estimate of drug-likeness (QED) is 0.500. The van der Waals surface area contributed by atoms with Crippen LogP contribution in [0.3, 0.4) is 0 Å². The number of carboxylic acid groups (broad SMARTS) is 1. The van der Waals surface area contributed by atoms with Crippen molar-refractivity contribution in [2.24, 2.45) is 0 Å². The van der Waals surface area contributed by atoms with E-state index in [1.54, 1.807) is 0 Å². The number of unbranched alkanes of at least 4 members (excludes halogenated alkanes) is 1. The van der Waals surface area contributed by atoms with Crippen molar-refractivity contribution in [3.05, 3.63) is 0 Å². The highest BCUT2D eigenvalue weighted by atomic mass is 16.4. The minimum Gasteiger partial charge on any atom is -0.481 e. The second kappa shape index (κ2) is 8.13. The standard InChI is InChI=1S/C12H19N3O5/c16-9-6-5-8(7-13-9)14-12(20)15-10(17)3-1-2-4-11(18)19/h8H,1-7H2,(H,13,16)(H,18,19)(H2,14,15,17,20). The summed E-state index contributed by atoms with van der Waals surface area (Å²) in [7, 11) is 0. The van der Waals surface area contributed by atoms with E-state index >= 15 is 0 Å². The molecule has 1 fully saturated rings. The lowest BCUT2D eigenvalue weighted by atomic mass is 10.1. The summed E-state index contributed by atoms with van der Waals surface area (Å²) < 4.78 is 0. The van der Waals surface area contributed by atoms with E-state index < -0.39 is 17.9 Å². The third kappa shape index (κ3) is 6.72. The number of hydrogen-bond donors (Lipinski definition) is 4. The summed E-state index contributed by atoms with van der Waals surface area (Å²) in [6.45, 7) is 0.360. The largest absolute Gasteiger partial charge is 0.481 e. The maximum absolute atomic E-state index is 11.5. The molecule has 1 unspecified atom stereocenters. The van der Waals surface area contributed by atoms with E-state index in [2.05, 4.69) is 16.0 Å². The molecule has 0 saturated carbocycles. The van der Waals surface area contributed by atoms with Crippen molar-refractivity contribution >= 4 is 23.8 Å². The monoisotopic (exact) mass is 285 g/mol. The van der Waals surface area contributed by atoms with Gasteiger partial charge in [-0.1, -0.05) is 0 Å². The van der Waals surface area contributed by atoms with E-state index in [1.165, 1.54) is 0 Å². The lowest BCUT2D eigenvalue weighted by Crippen LogP contribution is -2.51. The van der Waals surface area contributed by atoms with Gasteiger partial charge in [0.15, 0.2) is 0 Å². The molecular weight excluding hydrogens is 266 g/mol. The van der Waals surface area contributed by atoms with Crippen molar-refractivity contribution in [3.63, 3.8) is 0 Å². The summed E-state index contributed by atoms with van der Waals surface area (Å²) in [5.74, 6) is -1.38.